The number of aliphatic hydroxyl groups is 1. The standard InChI is InChI=1S/C13H20N2O2/c1-15(10-13(16)6-3-4-7-13)11-5-8-14-12(9-11)17-2/h5,8-9,16H,3-4,6-7,10H2,1-2H3. The van der Waals surface area contributed by atoms with Crippen molar-refractivity contribution in [3.8, 4) is 5.88 Å². The Balaban J connectivity index is 2.05. The molecule has 4 nitrogen and oxygen atoms in total. The normalized spacial score (nSPS) is 18.1. The lowest BCUT2D eigenvalue weighted by molar-refractivity contribution is 0.0559. The van der Waals surface area contributed by atoms with Crippen molar-refractivity contribution in [2.24, 2.45) is 0 Å². The number of hydrogen-bond acceptors (Lipinski definition) is 4. The van der Waals surface area contributed by atoms with Gasteiger partial charge in [-0.15, -0.1) is 0 Å². The van der Waals surface area contributed by atoms with Gasteiger partial charge in [-0.05, 0) is 18.9 Å². The van der Waals surface area contributed by atoms with Gasteiger partial charge in [0.15, 0.2) is 0 Å². The molecule has 17 heavy (non-hydrogen) atoms. The van der Waals surface area contributed by atoms with Crippen LogP contribution in [0.1, 0.15) is 25.7 Å². The number of likely N-dealkylation sites (N-methyl/N-ethyl adjacent to an activating group) is 1. The maximum absolute atomic E-state index is 10.4. The number of rotatable bonds is 4. The Hall–Kier alpha value is -1.29. The Kier molecular flexibility index (Phi) is 3.52. The quantitative estimate of drug-likeness (QED) is 0.866. The molecule has 0 unspecified atom stereocenters. The molecule has 1 N–H and O–H groups in total. The van der Waals surface area contributed by atoms with Crippen molar-refractivity contribution in [2.45, 2.75) is 31.3 Å². The Morgan fingerprint density at radius 2 is 2.18 bits per heavy atom. The summed E-state index contributed by atoms with van der Waals surface area (Å²) in [5.41, 5.74) is 0.503. The van der Waals surface area contributed by atoms with Crippen molar-refractivity contribution in [2.75, 3.05) is 25.6 Å². The van der Waals surface area contributed by atoms with E-state index in [1.165, 1.54) is 0 Å². The summed E-state index contributed by atoms with van der Waals surface area (Å²) in [6, 6.07) is 3.82. The van der Waals surface area contributed by atoms with E-state index in [0.717, 1.165) is 31.4 Å². The largest absolute Gasteiger partial charge is 0.481 e. The second-order valence-electron chi connectivity index (χ2n) is 4.84. The Labute approximate surface area is 102 Å². The highest BCUT2D eigenvalue weighted by Crippen LogP contribution is 2.31. The molecule has 0 bridgehead atoms. The number of hydrogen-bond donors (Lipinski definition) is 1. The Morgan fingerprint density at radius 1 is 1.47 bits per heavy atom. The van der Waals surface area contributed by atoms with E-state index in [-0.39, 0.29) is 0 Å². The number of anilines is 1. The molecule has 0 aromatic carbocycles. The van der Waals surface area contributed by atoms with Crippen LogP contribution in [0.2, 0.25) is 0 Å². The summed E-state index contributed by atoms with van der Waals surface area (Å²) in [7, 11) is 3.60. The van der Waals surface area contributed by atoms with Gasteiger partial charge in [-0.25, -0.2) is 4.98 Å². The molecule has 1 heterocycles. The molecule has 0 amide bonds. The lowest BCUT2D eigenvalue weighted by Gasteiger charge is -2.30. The predicted molar refractivity (Wildman–Crippen MR) is 67.5 cm³/mol. The summed E-state index contributed by atoms with van der Waals surface area (Å²) in [5, 5.41) is 10.4. The fraction of sp³-hybridized carbons (Fsp3) is 0.615. The SMILES string of the molecule is COc1cc(N(C)CC2(O)CCCC2)ccn1. The van der Waals surface area contributed by atoms with E-state index in [2.05, 4.69) is 9.88 Å². The summed E-state index contributed by atoms with van der Waals surface area (Å²) < 4.78 is 5.10. The molecule has 1 aromatic rings. The molecule has 1 saturated carbocycles. The molecule has 0 saturated heterocycles. The Bertz CT molecular complexity index is 375. The zero-order valence-corrected chi connectivity index (χ0v) is 10.5. The lowest BCUT2D eigenvalue weighted by atomic mass is 10.0. The van der Waals surface area contributed by atoms with Crippen LogP contribution in [0.25, 0.3) is 0 Å². The molecule has 0 radical (unpaired) electrons. The maximum atomic E-state index is 10.4. The van der Waals surface area contributed by atoms with E-state index >= 15 is 0 Å². The van der Waals surface area contributed by atoms with Gasteiger partial charge in [-0.2, -0.15) is 0 Å². The van der Waals surface area contributed by atoms with Gasteiger partial charge in [-0.1, -0.05) is 12.8 Å². The van der Waals surface area contributed by atoms with Gasteiger partial charge in [0.2, 0.25) is 5.88 Å². The van der Waals surface area contributed by atoms with Crippen LogP contribution < -0.4 is 9.64 Å². The highest BCUT2D eigenvalue weighted by molar-refractivity contribution is 5.47. The summed E-state index contributed by atoms with van der Waals surface area (Å²) in [4.78, 5) is 6.14. The molecule has 4 heteroatoms. The number of nitrogens with zero attached hydrogens (tertiary/aromatic N) is 2. The van der Waals surface area contributed by atoms with E-state index < -0.39 is 5.60 Å². The summed E-state index contributed by atoms with van der Waals surface area (Å²) in [5.74, 6) is 0.604. The van der Waals surface area contributed by atoms with E-state index in [9.17, 15) is 5.11 Å². The van der Waals surface area contributed by atoms with Crippen LogP contribution in [-0.2, 0) is 0 Å². The van der Waals surface area contributed by atoms with Crippen molar-refractivity contribution in [1.82, 2.24) is 4.98 Å². The number of ether oxygens (including phenoxy) is 1. The molecule has 1 fully saturated rings. The van der Waals surface area contributed by atoms with E-state index in [1.54, 1.807) is 13.3 Å². The van der Waals surface area contributed by atoms with Crippen molar-refractivity contribution >= 4 is 5.69 Å². The maximum Gasteiger partial charge on any atom is 0.214 e. The van der Waals surface area contributed by atoms with Gasteiger partial charge < -0.3 is 14.7 Å². The van der Waals surface area contributed by atoms with Crippen LogP contribution in [-0.4, -0.2) is 36.4 Å². The zero-order valence-electron chi connectivity index (χ0n) is 10.5. The van der Waals surface area contributed by atoms with E-state index in [0.29, 0.717) is 12.4 Å². The van der Waals surface area contributed by atoms with Crippen LogP contribution in [0.5, 0.6) is 5.88 Å². The fourth-order valence-corrected chi connectivity index (χ4v) is 2.47. The highest BCUT2D eigenvalue weighted by Gasteiger charge is 2.32. The zero-order chi connectivity index (χ0) is 12.3. The van der Waals surface area contributed by atoms with Crippen molar-refractivity contribution in [1.29, 1.82) is 0 Å². The summed E-state index contributed by atoms with van der Waals surface area (Å²) in [6.45, 7) is 0.667. The fourth-order valence-electron chi connectivity index (χ4n) is 2.47. The molecular formula is C13H20N2O2. The average Bonchev–Trinajstić information content (AvgIpc) is 2.76. The third-order valence-electron chi connectivity index (χ3n) is 3.43. The summed E-state index contributed by atoms with van der Waals surface area (Å²) in [6.07, 6.45) is 5.79. The van der Waals surface area contributed by atoms with Gasteiger partial charge >= 0.3 is 0 Å². The minimum absolute atomic E-state index is 0.523. The van der Waals surface area contributed by atoms with Crippen molar-refractivity contribution in [3.05, 3.63) is 18.3 Å². The predicted octanol–water partition coefficient (Wildman–Crippen LogP) is 1.83. The minimum atomic E-state index is -0.523. The number of aromatic nitrogens is 1. The van der Waals surface area contributed by atoms with Gasteiger partial charge in [0, 0.05) is 31.5 Å². The van der Waals surface area contributed by atoms with Crippen molar-refractivity contribution in [3.63, 3.8) is 0 Å². The number of pyridine rings is 1. The highest BCUT2D eigenvalue weighted by atomic mass is 16.5. The van der Waals surface area contributed by atoms with Gasteiger partial charge in [-0.3, -0.25) is 0 Å². The first-order chi connectivity index (χ1) is 8.13. The van der Waals surface area contributed by atoms with Gasteiger partial charge in [0.1, 0.15) is 0 Å². The lowest BCUT2D eigenvalue weighted by Crippen LogP contribution is -2.39. The molecule has 94 valence electrons. The molecule has 1 aromatic heterocycles. The number of methoxy groups -OCH3 is 1. The monoisotopic (exact) mass is 236 g/mol. The third kappa shape index (κ3) is 2.88. The van der Waals surface area contributed by atoms with E-state index in [1.807, 2.05) is 19.2 Å². The van der Waals surface area contributed by atoms with Crippen molar-refractivity contribution < 1.29 is 9.84 Å². The first-order valence-electron chi connectivity index (χ1n) is 6.06. The van der Waals surface area contributed by atoms with Crippen LogP contribution in [0.3, 0.4) is 0 Å². The molecule has 1 aliphatic rings. The van der Waals surface area contributed by atoms with Crippen LogP contribution in [0.4, 0.5) is 5.69 Å². The van der Waals surface area contributed by atoms with Crippen LogP contribution >= 0.6 is 0 Å². The molecular weight excluding hydrogens is 216 g/mol. The topological polar surface area (TPSA) is 45.6 Å². The Morgan fingerprint density at radius 3 is 2.82 bits per heavy atom. The molecule has 0 aliphatic heterocycles. The molecule has 2 rings (SSSR count). The van der Waals surface area contributed by atoms with Gasteiger partial charge in [0.25, 0.3) is 0 Å². The first-order valence-corrected chi connectivity index (χ1v) is 6.06. The first kappa shape index (κ1) is 12.2. The van der Waals surface area contributed by atoms with E-state index in [4.69, 9.17) is 4.74 Å². The van der Waals surface area contributed by atoms with Crippen LogP contribution in [0, 0.1) is 0 Å². The van der Waals surface area contributed by atoms with Crippen LogP contribution in [0.15, 0.2) is 18.3 Å². The summed E-state index contributed by atoms with van der Waals surface area (Å²) >= 11 is 0. The van der Waals surface area contributed by atoms with Gasteiger partial charge in [0.05, 0.1) is 12.7 Å². The second-order valence-corrected chi connectivity index (χ2v) is 4.84. The smallest absolute Gasteiger partial charge is 0.214 e. The minimum Gasteiger partial charge on any atom is -0.481 e. The second kappa shape index (κ2) is 4.92. The molecule has 0 atom stereocenters. The average molecular weight is 236 g/mol. The molecule has 1 aliphatic carbocycles. The third-order valence-corrected chi connectivity index (χ3v) is 3.43. The molecule has 0 spiro atoms.